The van der Waals surface area contributed by atoms with E-state index in [9.17, 15) is 0 Å². The zero-order chi connectivity index (χ0) is 15.9. The molecule has 0 atom stereocenters. The Morgan fingerprint density at radius 2 is 2.05 bits per heavy atom. The molecule has 0 fully saturated rings. The highest BCUT2D eigenvalue weighted by atomic mass is 79.9. The van der Waals surface area contributed by atoms with Crippen molar-refractivity contribution >= 4 is 15.9 Å². The number of rotatable bonds is 7. The average Bonchev–Trinajstić information content (AvgIpc) is 2.51. The van der Waals surface area contributed by atoms with Crippen molar-refractivity contribution in [2.75, 3.05) is 7.11 Å². The lowest BCUT2D eigenvalue weighted by molar-refractivity contribution is 0.227. The maximum Gasteiger partial charge on any atom is 0.167 e. The van der Waals surface area contributed by atoms with E-state index in [4.69, 9.17) is 9.47 Å². The molecule has 2 rings (SSSR count). The van der Waals surface area contributed by atoms with Crippen LogP contribution in [0.1, 0.15) is 25.0 Å². The van der Waals surface area contributed by atoms with E-state index in [1.54, 1.807) is 13.3 Å². The number of nitrogens with zero attached hydrogens (tertiary/aromatic N) is 1. The third kappa shape index (κ3) is 4.45. The van der Waals surface area contributed by atoms with Crippen LogP contribution in [0.3, 0.4) is 0 Å². The summed E-state index contributed by atoms with van der Waals surface area (Å²) in [5.41, 5.74) is 2.20. The third-order valence-electron chi connectivity index (χ3n) is 3.09. The first-order valence-corrected chi connectivity index (χ1v) is 8.02. The molecule has 5 heteroatoms. The number of hydrogen-bond acceptors (Lipinski definition) is 4. The maximum absolute atomic E-state index is 5.94. The van der Waals surface area contributed by atoms with Gasteiger partial charge in [-0.25, -0.2) is 0 Å². The second-order valence-corrected chi connectivity index (χ2v) is 6.04. The Bertz CT molecular complexity index is 603. The van der Waals surface area contributed by atoms with E-state index >= 15 is 0 Å². The molecule has 1 aromatic carbocycles. The molecule has 22 heavy (non-hydrogen) atoms. The monoisotopic (exact) mass is 364 g/mol. The summed E-state index contributed by atoms with van der Waals surface area (Å²) in [5.74, 6) is 1.53. The number of methoxy groups -OCH3 is 1. The molecule has 118 valence electrons. The van der Waals surface area contributed by atoms with Crippen molar-refractivity contribution in [3.8, 4) is 11.5 Å². The molecule has 0 spiro atoms. The van der Waals surface area contributed by atoms with E-state index in [1.165, 1.54) is 0 Å². The molecule has 0 saturated heterocycles. The van der Waals surface area contributed by atoms with E-state index in [1.807, 2.05) is 44.3 Å². The molecular formula is C17H21BrN2O2. The van der Waals surface area contributed by atoms with Gasteiger partial charge < -0.3 is 14.8 Å². The van der Waals surface area contributed by atoms with Crippen LogP contribution in [0.5, 0.6) is 11.5 Å². The minimum Gasteiger partial charge on any atom is -0.493 e. The van der Waals surface area contributed by atoms with E-state index in [0.717, 1.165) is 33.6 Å². The van der Waals surface area contributed by atoms with Crippen LogP contribution in [-0.2, 0) is 13.1 Å². The molecule has 0 bridgehead atoms. The Labute approximate surface area is 140 Å². The third-order valence-corrected chi connectivity index (χ3v) is 3.84. The summed E-state index contributed by atoms with van der Waals surface area (Å²) in [6, 6.07) is 7.87. The molecule has 0 aliphatic carbocycles. The van der Waals surface area contributed by atoms with Crippen LogP contribution in [-0.4, -0.2) is 18.2 Å². The smallest absolute Gasteiger partial charge is 0.167 e. The molecule has 0 saturated carbocycles. The fourth-order valence-corrected chi connectivity index (χ4v) is 2.56. The van der Waals surface area contributed by atoms with Crippen LogP contribution < -0.4 is 14.8 Å². The summed E-state index contributed by atoms with van der Waals surface area (Å²) < 4.78 is 12.4. The quantitative estimate of drug-likeness (QED) is 0.808. The van der Waals surface area contributed by atoms with E-state index in [2.05, 4.69) is 26.2 Å². The second-order valence-electron chi connectivity index (χ2n) is 5.19. The van der Waals surface area contributed by atoms with Crippen LogP contribution in [0.4, 0.5) is 0 Å². The first-order chi connectivity index (χ1) is 10.6. The van der Waals surface area contributed by atoms with Crippen molar-refractivity contribution in [1.29, 1.82) is 0 Å². The van der Waals surface area contributed by atoms with Gasteiger partial charge in [-0.15, -0.1) is 0 Å². The fourth-order valence-electron chi connectivity index (χ4n) is 2.11. The van der Waals surface area contributed by atoms with Gasteiger partial charge in [0.25, 0.3) is 0 Å². The maximum atomic E-state index is 5.94. The number of halogens is 1. The molecule has 1 aromatic heterocycles. The summed E-state index contributed by atoms with van der Waals surface area (Å²) in [4.78, 5) is 4.12. The Hall–Kier alpha value is -1.59. The SMILES string of the molecule is COc1ccc(Br)c(CNCc2cccnc2)c1OC(C)C. The predicted octanol–water partition coefficient (Wildman–Crippen LogP) is 3.93. The summed E-state index contributed by atoms with van der Waals surface area (Å²) in [6.45, 7) is 5.44. The van der Waals surface area contributed by atoms with Gasteiger partial charge in [0.05, 0.1) is 13.2 Å². The van der Waals surface area contributed by atoms with Gasteiger partial charge >= 0.3 is 0 Å². The Balaban J connectivity index is 2.14. The molecule has 0 radical (unpaired) electrons. The summed E-state index contributed by atoms with van der Waals surface area (Å²) in [7, 11) is 1.66. The molecule has 0 aliphatic rings. The topological polar surface area (TPSA) is 43.4 Å². The lowest BCUT2D eigenvalue weighted by atomic mass is 10.1. The Kier molecular flexibility index (Phi) is 6.21. The highest BCUT2D eigenvalue weighted by molar-refractivity contribution is 9.10. The number of nitrogens with one attached hydrogen (secondary N) is 1. The van der Waals surface area contributed by atoms with Gasteiger partial charge in [-0.05, 0) is 37.6 Å². The predicted molar refractivity (Wildman–Crippen MR) is 91.2 cm³/mol. The standard InChI is InChI=1S/C17H21BrN2O2/c1-12(2)22-17-14(15(18)6-7-16(17)21-3)11-20-10-13-5-4-8-19-9-13/h4-9,12,20H,10-11H2,1-3H3. The summed E-state index contributed by atoms with van der Waals surface area (Å²) in [6.07, 6.45) is 3.72. The molecule has 4 nitrogen and oxygen atoms in total. The van der Waals surface area contributed by atoms with Gasteiger partial charge in [0.15, 0.2) is 11.5 Å². The zero-order valence-corrected chi connectivity index (χ0v) is 14.7. The Morgan fingerprint density at radius 3 is 2.68 bits per heavy atom. The van der Waals surface area contributed by atoms with Crippen LogP contribution in [0.15, 0.2) is 41.1 Å². The van der Waals surface area contributed by atoms with Crippen molar-refractivity contribution in [2.24, 2.45) is 0 Å². The van der Waals surface area contributed by atoms with Crippen molar-refractivity contribution in [2.45, 2.75) is 33.0 Å². The van der Waals surface area contributed by atoms with Crippen LogP contribution in [0.2, 0.25) is 0 Å². The van der Waals surface area contributed by atoms with Crippen molar-refractivity contribution in [3.05, 3.63) is 52.3 Å². The fraction of sp³-hybridized carbons (Fsp3) is 0.353. The lowest BCUT2D eigenvalue weighted by Crippen LogP contribution is -2.16. The van der Waals surface area contributed by atoms with Crippen LogP contribution in [0.25, 0.3) is 0 Å². The average molecular weight is 365 g/mol. The van der Waals surface area contributed by atoms with Gasteiger partial charge in [-0.3, -0.25) is 4.98 Å². The minimum absolute atomic E-state index is 0.0836. The van der Waals surface area contributed by atoms with E-state index < -0.39 is 0 Å². The highest BCUT2D eigenvalue weighted by Gasteiger charge is 2.15. The highest BCUT2D eigenvalue weighted by Crippen LogP contribution is 2.36. The summed E-state index contributed by atoms with van der Waals surface area (Å²) in [5, 5.41) is 3.42. The normalized spacial score (nSPS) is 10.8. The van der Waals surface area contributed by atoms with Gasteiger partial charge in [0.1, 0.15) is 0 Å². The Morgan fingerprint density at radius 1 is 1.23 bits per heavy atom. The van der Waals surface area contributed by atoms with Crippen molar-refractivity contribution < 1.29 is 9.47 Å². The van der Waals surface area contributed by atoms with Gasteiger partial charge in [-0.1, -0.05) is 22.0 Å². The molecule has 2 aromatic rings. The first kappa shape index (κ1) is 16.8. The number of hydrogen-bond donors (Lipinski definition) is 1. The molecule has 0 amide bonds. The largest absolute Gasteiger partial charge is 0.493 e. The molecule has 1 N–H and O–H groups in total. The lowest BCUT2D eigenvalue weighted by Gasteiger charge is -2.19. The first-order valence-electron chi connectivity index (χ1n) is 7.23. The number of aromatic nitrogens is 1. The number of pyridine rings is 1. The second kappa shape index (κ2) is 8.15. The van der Waals surface area contributed by atoms with Gasteiger partial charge in [0, 0.05) is 35.5 Å². The van der Waals surface area contributed by atoms with Crippen LogP contribution >= 0.6 is 15.9 Å². The van der Waals surface area contributed by atoms with Crippen molar-refractivity contribution in [1.82, 2.24) is 10.3 Å². The van der Waals surface area contributed by atoms with Gasteiger partial charge in [0.2, 0.25) is 0 Å². The van der Waals surface area contributed by atoms with Crippen molar-refractivity contribution in [3.63, 3.8) is 0 Å². The molecule has 0 aliphatic heterocycles. The van der Waals surface area contributed by atoms with E-state index in [-0.39, 0.29) is 6.10 Å². The summed E-state index contributed by atoms with van der Waals surface area (Å²) >= 11 is 3.60. The zero-order valence-electron chi connectivity index (χ0n) is 13.1. The minimum atomic E-state index is 0.0836. The number of benzene rings is 1. The number of ether oxygens (including phenoxy) is 2. The van der Waals surface area contributed by atoms with Gasteiger partial charge in [-0.2, -0.15) is 0 Å². The molecular weight excluding hydrogens is 344 g/mol. The van der Waals surface area contributed by atoms with E-state index in [0.29, 0.717) is 6.54 Å². The molecule has 1 heterocycles. The van der Waals surface area contributed by atoms with Crippen LogP contribution in [0, 0.1) is 0 Å². The molecule has 0 unspecified atom stereocenters.